The number of H-pyrrole nitrogens is 1. The van der Waals surface area contributed by atoms with Crippen molar-refractivity contribution in [1.82, 2.24) is 9.88 Å². The van der Waals surface area contributed by atoms with E-state index in [0.717, 1.165) is 35.0 Å². The Morgan fingerprint density at radius 1 is 1.15 bits per heavy atom. The highest BCUT2D eigenvalue weighted by Crippen LogP contribution is 2.45. The Morgan fingerprint density at radius 2 is 1.85 bits per heavy atom. The van der Waals surface area contributed by atoms with Gasteiger partial charge in [-0.25, -0.2) is 0 Å². The molecule has 1 aliphatic heterocycles. The van der Waals surface area contributed by atoms with Crippen LogP contribution in [0.4, 0.5) is 0 Å². The third-order valence-electron chi connectivity index (χ3n) is 6.24. The molecule has 1 unspecified atom stereocenters. The van der Waals surface area contributed by atoms with Gasteiger partial charge < -0.3 is 24.5 Å². The van der Waals surface area contributed by atoms with Crippen LogP contribution in [0.1, 0.15) is 42.6 Å². The lowest BCUT2D eigenvalue weighted by Gasteiger charge is -2.25. The second-order valence-electron chi connectivity index (χ2n) is 8.24. The van der Waals surface area contributed by atoms with E-state index in [1.54, 1.807) is 4.90 Å². The zero-order valence-electron chi connectivity index (χ0n) is 19.6. The molecule has 1 aliphatic rings. The van der Waals surface area contributed by atoms with Gasteiger partial charge in [0, 0.05) is 34.8 Å². The van der Waals surface area contributed by atoms with Crippen LogP contribution in [0, 0.1) is 6.92 Å². The Hall–Kier alpha value is -3.45. The fourth-order valence-corrected chi connectivity index (χ4v) is 4.82. The molecule has 0 spiro atoms. The number of unbranched alkanes of at least 4 members (excludes halogenated alkanes) is 1. The molecule has 7 nitrogen and oxygen atoms in total. The summed E-state index contributed by atoms with van der Waals surface area (Å²) in [6.45, 7) is 4.31. The van der Waals surface area contributed by atoms with E-state index in [2.05, 4.69) is 4.98 Å². The van der Waals surface area contributed by atoms with Gasteiger partial charge in [0.25, 0.3) is 11.7 Å². The van der Waals surface area contributed by atoms with Crippen LogP contribution in [-0.4, -0.2) is 47.4 Å². The average Bonchev–Trinajstić information content (AvgIpc) is 3.29. The van der Waals surface area contributed by atoms with Crippen molar-refractivity contribution >= 4 is 40.0 Å². The van der Waals surface area contributed by atoms with E-state index in [4.69, 9.17) is 21.1 Å². The minimum absolute atomic E-state index is 0.00786. The van der Waals surface area contributed by atoms with Crippen LogP contribution in [0.25, 0.3) is 16.7 Å². The lowest BCUT2D eigenvalue weighted by molar-refractivity contribution is -0.139. The number of rotatable bonds is 7. The van der Waals surface area contributed by atoms with Crippen LogP contribution < -0.4 is 9.47 Å². The lowest BCUT2D eigenvalue weighted by Crippen LogP contribution is -2.30. The first-order chi connectivity index (χ1) is 16.3. The number of aliphatic hydroxyl groups excluding tert-OH is 1. The van der Waals surface area contributed by atoms with E-state index in [1.165, 1.54) is 26.4 Å². The second-order valence-corrected chi connectivity index (χ2v) is 8.65. The van der Waals surface area contributed by atoms with E-state index < -0.39 is 17.7 Å². The maximum absolute atomic E-state index is 13.3. The van der Waals surface area contributed by atoms with Gasteiger partial charge in [0.2, 0.25) is 0 Å². The molecule has 0 radical (unpaired) electrons. The van der Waals surface area contributed by atoms with Crippen LogP contribution in [0.15, 0.2) is 42.0 Å². The van der Waals surface area contributed by atoms with Crippen molar-refractivity contribution in [3.63, 3.8) is 0 Å². The van der Waals surface area contributed by atoms with E-state index >= 15 is 0 Å². The number of hydrogen-bond donors (Lipinski definition) is 2. The number of aryl methyl sites for hydroxylation is 1. The number of methoxy groups -OCH3 is 2. The molecule has 8 heteroatoms. The first kappa shape index (κ1) is 23.7. The van der Waals surface area contributed by atoms with Crippen LogP contribution in [0.2, 0.25) is 5.02 Å². The minimum Gasteiger partial charge on any atom is -0.507 e. The van der Waals surface area contributed by atoms with Crippen molar-refractivity contribution in [1.29, 1.82) is 0 Å². The molecule has 0 aliphatic carbocycles. The fourth-order valence-electron chi connectivity index (χ4n) is 4.58. The molecule has 4 rings (SSSR count). The second kappa shape index (κ2) is 9.43. The topological polar surface area (TPSA) is 91.9 Å². The molecular formula is C26H27ClN2O5. The highest BCUT2D eigenvalue weighted by Gasteiger charge is 2.47. The maximum Gasteiger partial charge on any atom is 0.295 e. The minimum atomic E-state index is -0.756. The van der Waals surface area contributed by atoms with Crippen LogP contribution in [-0.2, 0) is 9.59 Å². The molecule has 3 aromatic rings. The molecule has 2 N–H and O–H groups in total. The standard InChI is InChI=1S/C26H27ClN2O5/c1-5-6-11-29-23(21-14(2)28-18-10-8-7-9-15(18)21)22(25(31)26(29)32)24(30)16-12-17(27)20(34-4)13-19(16)33-3/h7-10,12-13,23,28,30H,5-6,11H2,1-4H3/b24-22+. The number of para-hydroxylation sites is 1. The van der Waals surface area contributed by atoms with Crippen molar-refractivity contribution in [3.05, 3.63) is 63.8 Å². The Labute approximate surface area is 202 Å². The maximum atomic E-state index is 13.3. The predicted octanol–water partition coefficient (Wildman–Crippen LogP) is 5.37. The number of carbonyl (C=O) groups is 2. The van der Waals surface area contributed by atoms with E-state index in [0.29, 0.717) is 12.3 Å². The number of ketones is 1. The number of Topliss-reactive ketones (excluding diaryl/α,β-unsaturated/α-hetero) is 1. The van der Waals surface area contributed by atoms with E-state index in [9.17, 15) is 14.7 Å². The Bertz CT molecular complexity index is 1310. The van der Waals surface area contributed by atoms with Crippen molar-refractivity contribution < 1.29 is 24.2 Å². The predicted molar refractivity (Wildman–Crippen MR) is 132 cm³/mol. The Kier molecular flexibility index (Phi) is 6.57. The molecule has 0 bridgehead atoms. The Balaban J connectivity index is 2.00. The number of amides is 1. The van der Waals surface area contributed by atoms with E-state index in [1.807, 2.05) is 38.1 Å². The summed E-state index contributed by atoms with van der Waals surface area (Å²) in [6.07, 6.45) is 1.58. The van der Waals surface area contributed by atoms with Crippen molar-refractivity contribution in [2.45, 2.75) is 32.7 Å². The molecule has 1 fully saturated rings. The van der Waals surface area contributed by atoms with Gasteiger partial charge in [-0.05, 0) is 25.5 Å². The number of aliphatic hydroxyl groups is 1. The smallest absolute Gasteiger partial charge is 0.295 e. The third-order valence-corrected chi connectivity index (χ3v) is 6.53. The van der Waals surface area contributed by atoms with Gasteiger partial charge in [-0.3, -0.25) is 9.59 Å². The summed E-state index contributed by atoms with van der Waals surface area (Å²) < 4.78 is 10.7. The summed E-state index contributed by atoms with van der Waals surface area (Å²) in [5.74, 6) is -1.08. The number of hydrogen-bond acceptors (Lipinski definition) is 5. The van der Waals surface area contributed by atoms with Crippen molar-refractivity contribution in [2.24, 2.45) is 0 Å². The van der Waals surface area contributed by atoms with Gasteiger partial charge in [-0.15, -0.1) is 0 Å². The third kappa shape index (κ3) is 3.80. The van der Waals surface area contributed by atoms with Gasteiger partial charge in [0.05, 0.1) is 36.4 Å². The van der Waals surface area contributed by atoms with Crippen LogP contribution >= 0.6 is 11.6 Å². The summed E-state index contributed by atoms with van der Waals surface area (Å²) in [6, 6.07) is 9.97. The first-order valence-electron chi connectivity index (χ1n) is 11.1. The summed E-state index contributed by atoms with van der Waals surface area (Å²) in [5, 5.41) is 12.6. The Morgan fingerprint density at radius 3 is 2.53 bits per heavy atom. The number of likely N-dealkylation sites (tertiary alicyclic amines) is 1. The zero-order chi connectivity index (χ0) is 24.6. The summed E-state index contributed by atoms with van der Waals surface area (Å²) in [5.41, 5.74) is 2.71. The number of nitrogens with one attached hydrogen (secondary N) is 1. The van der Waals surface area contributed by atoms with E-state index in [-0.39, 0.29) is 27.7 Å². The van der Waals surface area contributed by atoms with Gasteiger partial charge in [-0.2, -0.15) is 0 Å². The van der Waals surface area contributed by atoms with Crippen LogP contribution in [0.3, 0.4) is 0 Å². The summed E-state index contributed by atoms with van der Waals surface area (Å²) >= 11 is 6.33. The molecule has 1 atom stereocenters. The largest absolute Gasteiger partial charge is 0.507 e. The van der Waals surface area contributed by atoms with Gasteiger partial charge in [0.15, 0.2) is 0 Å². The van der Waals surface area contributed by atoms with Gasteiger partial charge in [-0.1, -0.05) is 43.1 Å². The van der Waals surface area contributed by atoms with Crippen molar-refractivity contribution in [3.8, 4) is 11.5 Å². The number of carbonyl (C=O) groups excluding carboxylic acids is 2. The zero-order valence-corrected chi connectivity index (χ0v) is 20.3. The lowest BCUT2D eigenvalue weighted by atomic mass is 9.93. The number of ether oxygens (including phenoxy) is 2. The summed E-state index contributed by atoms with van der Waals surface area (Å²) in [4.78, 5) is 31.4. The molecule has 2 heterocycles. The number of benzene rings is 2. The highest BCUT2D eigenvalue weighted by molar-refractivity contribution is 6.47. The fraction of sp³-hybridized carbons (Fsp3) is 0.308. The summed E-state index contributed by atoms with van der Waals surface area (Å²) in [7, 11) is 2.92. The molecular weight excluding hydrogens is 456 g/mol. The number of aromatic nitrogens is 1. The normalized spacial score (nSPS) is 17.6. The molecule has 34 heavy (non-hydrogen) atoms. The SMILES string of the molecule is CCCCN1C(=O)C(=O)/C(=C(/O)c2cc(Cl)c(OC)cc2OC)C1c1c(C)[nH]c2ccccc12. The molecule has 0 saturated carbocycles. The monoisotopic (exact) mass is 482 g/mol. The van der Waals surface area contributed by atoms with Gasteiger partial charge >= 0.3 is 0 Å². The first-order valence-corrected chi connectivity index (χ1v) is 11.5. The van der Waals surface area contributed by atoms with Crippen molar-refractivity contribution in [2.75, 3.05) is 20.8 Å². The number of nitrogens with zero attached hydrogens (tertiary/aromatic N) is 1. The number of halogens is 1. The van der Waals surface area contributed by atoms with Crippen LogP contribution in [0.5, 0.6) is 11.5 Å². The highest BCUT2D eigenvalue weighted by atomic mass is 35.5. The molecule has 1 saturated heterocycles. The average molecular weight is 483 g/mol. The molecule has 1 amide bonds. The number of fused-ring (bicyclic) bond motifs is 1. The molecule has 1 aromatic heterocycles. The molecule has 2 aromatic carbocycles. The quantitative estimate of drug-likeness (QED) is 0.268. The van der Waals surface area contributed by atoms with Gasteiger partial charge in [0.1, 0.15) is 17.3 Å². The molecule has 178 valence electrons. The number of aromatic amines is 1.